The van der Waals surface area contributed by atoms with Crippen molar-refractivity contribution in [3.8, 4) is 5.75 Å². The largest absolute Gasteiger partial charge is 0.489 e. The Balaban J connectivity index is 2.18. The van der Waals surface area contributed by atoms with Gasteiger partial charge in [-0.3, -0.25) is 0 Å². The molecular weight excluding hydrogens is 264 g/mol. The number of benzene rings is 1. The van der Waals surface area contributed by atoms with Crippen molar-refractivity contribution in [2.75, 3.05) is 10.6 Å². The van der Waals surface area contributed by atoms with Crippen LogP contribution in [0.2, 0.25) is 0 Å². The molecule has 0 fully saturated rings. The summed E-state index contributed by atoms with van der Waals surface area (Å²) in [5.41, 5.74) is 0.855. The van der Waals surface area contributed by atoms with E-state index in [1.807, 2.05) is 44.2 Å². The summed E-state index contributed by atoms with van der Waals surface area (Å²) in [7, 11) is 0. The summed E-state index contributed by atoms with van der Waals surface area (Å²) in [4.78, 5) is 8.68. The van der Waals surface area contributed by atoms with Gasteiger partial charge in [-0.25, -0.2) is 4.98 Å². The van der Waals surface area contributed by atoms with E-state index < -0.39 is 0 Å². The molecule has 0 radical (unpaired) electrons. The lowest BCUT2D eigenvalue weighted by Gasteiger charge is -2.15. The van der Waals surface area contributed by atoms with E-state index in [-0.39, 0.29) is 6.10 Å². The van der Waals surface area contributed by atoms with E-state index in [4.69, 9.17) is 4.74 Å². The lowest BCUT2D eigenvalue weighted by molar-refractivity contribution is 0.244. The molecule has 0 aliphatic rings. The molecule has 0 spiro atoms. The Kier molecular flexibility index (Phi) is 4.98. The van der Waals surface area contributed by atoms with Gasteiger partial charge in [-0.15, -0.1) is 0 Å². The van der Waals surface area contributed by atoms with Crippen molar-refractivity contribution in [1.82, 2.24) is 9.97 Å². The highest BCUT2D eigenvalue weighted by atomic mass is 16.5. The zero-order valence-corrected chi connectivity index (χ0v) is 12.9. The number of rotatable bonds is 6. The average Bonchev–Trinajstić information content (AvgIpc) is 2.40. The van der Waals surface area contributed by atoms with Crippen LogP contribution in [0.15, 0.2) is 36.5 Å². The maximum atomic E-state index is 5.78. The van der Waals surface area contributed by atoms with Gasteiger partial charge in [0.2, 0.25) is 5.95 Å². The van der Waals surface area contributed by atoms with Crippen LogP contribution in [0.25, 0.3) is 0 Å². The molecule has 2 N–H and O–H groups in total. The number of ether oxygens (including phenoxy) is 1. The van der Waals surface area contributed by atoms with Crippen LogP contribution >= 0.6 is 0 Å². The first-order valence-corrected chi connectivity index (χ1v) is 7.17. The number of aromatic nitrogens is 2. The predicted octanol–water partition coefficient (Wildman–Crippen LogP) is 3.83. The number of nitrogens with zero attached hydrogens (tertiary/aromatic N) is 2. The van der Waals surface area contributed by atoms with Crippen LogP contribution < -0.4 is 15.4 Å². The molecule has 2 rings (SSSR count). The summed E-state index contributed by atoms with van der Waals surface area (Å²) >= 11 is 0. The Morgan fingerprint density at radius 2 is 1.81 bits per heavy atom. The molecule has 0 saturated carbocycles. The maximum Gasteiger partial charge on any atom is 0.229 e. The maximum absolute atomic E-state index is 5.78. The van der Waals surface area contributed by atoms with Crippen LogP contribution in [0, 0.1) is 0 Å². The standard InChI is InChI=1S/C16H22N4O/c1-11(2)18-15-9-10-17-16(20-15)19-13-7-5-6-8-14(13)21-12(3)4/h5-12H,1-4H3,(H2,17,18,19,20). The van der Waals surface area contributed by atoms with Gasteiger partial charge in [-0.2, -0.15) is 4.98 Å². The Labute approximate surface area is 125 Å². The molecule has 0 atom stereocenters. The van der Waals surface area contributed by atoms with Crippen molar-refractivity contribution < 1.29 is 4.74 Å². The molecule has 2 aromatic rings. The highest BCUT2D eigenvalue weighted by Gasteiger charge is 2.07. The summed E-state index contributed by atoms with van der Waals surface area (Å²) in [6.07, 6.45) is 1.84. The Morgan fingerprint density at radius 3 is 2.52 bits per heavy atom. The van der Waals surface area contributed by atoms with Gasteiger partial charge in [0, 0.05) is 12.2 Å². The summed E-state index contributed by atoms with van der Waals surface area (Å²) in [6, 6.07) is 9.94. The normalized spacial score (nSPS) is 10.8. The van der Waals surface area contributed by atoms with E-state index >= 15 is 0 Å². The van der Waals surface area contributed by atoms with Crippen molar-refractivity contribution in [2.24, 2.45) is 0 Å². The number of para-hydroxylation sites is 2. The van der Waals surface area contributed by atoms with Gasteiger partial charge < -0.3 is 15.4 Å². The second kappa shape index (κ2) is 6.92. The molecule has 0 amide bonds. The van der Waals surface area contributed by atoms with E-state index in [2.05, 4.69) is 34.4 Å². The molecule has 1 aromatic carbocycles. The first kappa shape index (κ1) is 15.1. The van der Waals surface area contributed by atoms with Gasteiger partial charge in [-0.1, -0.05) is 12.1 Å². The van der Waals surface area contributed by atoms with Gasteiger partial charge in [0.15, 0.2) is 0 Å². The minimum Gasteiger partial charge on any atom is -0.489 e. The first-order chi connectivity index (χ1) is 10.0. The van der Waals surface area contributed by atoms with E-state index in [9.17, 15) is 0 Å². The third kappa shape index (κ3) is 4.63. The molecule has 1 heterocycles. The van der Waals surface area contributed by atoms with Crippen LogP contribution in [0.3, 0.4) is 0 Å². The first-order valence-electron chi connectivity index (χ1n) is 7.17. The van der Waals surface area contributed by atoms with Gasteiger partial charge in [0.05, 0.1) is 11.8 Å². The zero-order chi connectivity index (χ0) is 15.2. The second-order valence-electron chi connectivity index (χ2n) is 5.35. The van der Waals surface area contributed by atoms with Crippen molar-refractivity contribution in [3.63, 3.8) is 0 Å². The van der Waals surface area contributed by atoms with Gasteiger partial charge in [0.1, 0.15) is 11.6 Å². The van der Waals surface area contributed by atoms with Crippen LogP contribution in [-0.4, -0.2) is 22.1 Å². The van der Waals surface area contributed by atoms with Gasteiger partial charge in [-0.05, 0) is 45.9 Å². The molecule has 5 heteroatoms. The highest BCUT2D eigenvalue weighted by molar-refractivity contribution is 5.63. The SMILES string of the molecule is CC(C)Nc1ccnc(Nc2ccccc2OC(C)C)n1. The van der Waals surface area contributed by atoms with Gasteiger partial charge >= 0.3 is 0 Å². The van der Waals surface area contributed by atoms with E-state index in [1.165, 1.54) is 0 Å². The van der Waals surface area contributed by atoms with Gasteiger partial charge in [0.25, 0.3) is 0 Å². The van der Waals surface area contributed by atoms with E-state index in [0.717, 1.165) is 17.3 Å². The Bertz CT molecular complexity index is 584. The Hall–Kier alpha value is -2.30. The molecule has 5 nitrogen and oxygen atoms in total. The molecule has 0 saturated heterocycles. The zero-order valence-electron chi connectivity index (χ0n) is 12.9. The van der Waals surface area contributed by atoms with Crippen LogP contribution in [0.5, 0.6) is 5.75 Å². The highest BCUT2D eigenvalue weighted by Crippen LogP contribution is 2.27. The third-order valence-electron chi connectivity index (χ3n) is 2.59. The van der Waals surface area contributed by atoms with Crippen molar-refractivity contribution >= 4 is 17.5 Å². The fourth-order valence-electron chi connectivity index (χ4n) is 1.84. The van der Waals surface area contributed by atoms with E-state index in [0.29, 0.717) is 12.0 Å². The summed E-state index contributed by atoms with van der Waals surface area (Å²) in [5.74, 6) is 2.13. The van der Waals surface area contributed by atoms with E-state index in [1.54, 1.807) is 6.20 Å². The Morgan fingerprint density at radius 1 is 1.05 bits per heavy atom. The monoisotopic (exact) mass is 286 g/mol. The molecule has 0 bridgehead atoms. The average molecular weight is 286 g/mol. The number of anilines is 3. The van der Waals surface area contributed by atoms with Crippen molar-refractivity contribution in [1.29, 1.82) is 0 Å². The van der Waals surface area contributed by atoms with Crippen molar-refractivity contribution in [2.45, 2.75) is 39.8 Å². The van der Waals surface area contributed by atoms with Crippen LogP contribution in [0.4, 0.5) is 17.5 Å². The number of nitrogens with one attached hydrogen (secondary N) is 2. The molecular formula is C16H22N4O. The fraction of sp³-hybridized carbons (Fsp3) is 0.375. The molecule has 0 aliphatic heterocycles. The smallest absolute Gasteiger partial charge is 0.229 e. The van der Waals surface area contributed by atoms with Crippen molar-refractivity contribution in [3.05, 3.63) is 36.5 Å². The number of hydrogen-bond acceptors (Lipinski definition) is 5. The second-order valence-corrected chi connectivity index (χ2v) is 5.35. The number of hydrogen-bond donors (Lipinski definition) is 2. The minimum atomic E-state index is 0.114. The third-order valence-corrected chi connectivity index (χ3v) is 2.59. The lowest BCUT2D eigenvalue weighted by Crippen LogP contribution is -2.12. The minimum absolute atomic E-state index is 0.114. The molecule has 0 aliphatic carbocycles. The molecule has 0 unspecified atom stereocenters. The van der Waals surface area contributed by atoms with Crippen LogP contribution in [-0.2, 0) is 0 Å². The predicted molar refractivity (Wildman–Crippen MR) is 86.3 cm³/mol. The fourth-order valence-corrected chi connectivity index (χ4v) is 1.84. The topological polar surface area (TPSA) is 59.1 Å². The molecule has 1 aromatic heterocycles. The lowest BCUT2D eigenvalue weighted by atomic mass is 10.3. The molecule has 112 valence electrons. The summed E-state index contributed by atoms with van der Waals surface area (Å²) in [6.45, 7) is 8.14. The van der Waals surface area contributed by atoms with Crippen LogP contribution in [0.1, 0.15) is 27.7 Å². The quantitative estimate of drug-likeness (QED) is 0.845. The molecule has 21 heavy (non-hydrogen) atoms. The summed E-state index contributed by atoms with van der Waals surface area (Å²) < 4.78 is 5.78. The summed E-state index contributed by atoms with van der Waals surface area (Å²) in [5, 5.41) is 6.46.